The quantitative estimate of drug-likeness (QED) is 0.797. The minimum absolute atomic E-state index is 0.107. The number of aliphatic hydroxyl groups is 1. The fourth-order valence-corrected chi connectivity index (χ4v) is 2.25. The van der Waals surface area contributed by atoms with E-state index in [1.165, 1.54) is 0 Å². The summed E-state index contributed by atoms with van der Waals surface area (Å²) in [5, 5.41) is 9.18. The van der Waals surface area contributed by atoms with Gasteiger partial charge in [0, 0.05) is 24.2 Å². The van der Waals surface area contributed by atoms with Crippen molar-refractivity contribution in [1.29, 1.82) is 0 Å². The standard InChI is InChI=1S/C15H12F2N2O/c16-11-8-13-14(9-12(11)17)19(6-7-20)15(18-13)10-4-2-1-3-5-10/h1-5,8-9,20H,6-7H2. The second-order valence-corrected chi connectivity index (χ2v) is 4.43. The van der Waals surface area contributed by atoms with Crippen LogP contribution in [0.25, 0.3) is 22.4 Å². The zero-order valence-electron chi connectivity index (χ0n) is 10.6. The molecule has 0 radical (unpaired) electrons. The molecule has 0 aliphatic rings. The normalized spacial score (nSPS) is 11.2. The van der Waals surface area contributed by atoms with Crippen molar-refractivity contribution in [3.63, 3.8) is 0 Å². The van der Waals surface area contributed by atoms with Crippen molar-refractivity contribution >= 4 is 11.0 Å². The number of fused-ring (bicyclic) bond motifs is 1. The Kier molecular flexibility index (Phi) is 3.20. The molecular weight excluding hydrogens is 262 g/mol. The van der Waals surface area contributed by atoms with Gasteiger partial charge in [-0.1, -0.05) is 30.3 Å². The van der Waals surface area contributed by atoms with Crippen LogP contribution in [-0.4, -0.2) is 21.3 Å². The Labute approximate surface area is 114 Å². The summed E-state index contributed by atoms with van der Waals surface area (Å²) in [7, 11) is 0. The molecule has 0 atom stereocenters. The van der Waals surface area contributed by atoms with Crippen LogP contribution in [0.3, 0.4) is 0 Å². The molecule has 0 saturated carbocycles. The Morgan fingerprint density at radius 1 is 1.05 bits per heavy atom. The van der Waals surface area contributed by atoms with Gasteiger partial charge < -0.3 is 9.67 Å². The first-order valence-corrected chi connectivity index (χ1v) is 6.22. The molecule has 0 aliphatic carbocycles. The van der Waals surface area contributed by atoms with E-state index in [2.05, 4.69) is 4.98 Å². The molecule has 1 N–H and O–H groups in total. The van der Waals surface area contributed by atoms with Crippen LogP contribution in [0.4, 0.5) is 8.78 Å². The zero-order valence-corrected chi connectivity index (χ0v) is 10.6. The van der Waals surface area contributed by atoms with Crippen LogP contribution < -0.4 is 0 Å². The molecule has 3 nitrogen and oxygen atoms in total. The molecule has 0 amide bonds. The molecule has 5 heteroatoms. The van der Waals surface area contributed by atoms with E-state index >= 15 is 0 Å². The summed E-state index contributed by atoms with van der Waals surface area (Å²) >= 11 is 0. The SMILES string of the molecule is OCCn1c(-c2ccccc2)nc2cc(F)c(F)cc21. The van der Waals surface area contributed by atoms with E-state index in [9.17, 15) is 13.9 Å². The molecule has 0 saturated heterocycles. The number of aliphatic hydroxyl groups excluding tert-OH is 1. The van der Waals surface area contributed by atoms with Crippen LogP contribution in [0.15, 0.2) is 42.5 Å². The molecule has 1 aromatic heterocycles. The summed E-state index contributed by atoms with van der Waals surface area (Å²) in [5.41, 5.74) is 1.67. The van der Waals surface area contributed by atoms with Crippen molar-refractivity contribution in [3.8, 4) is 11.4 Å². The topological polar surface area (TPSA) is 38.0 Å². The van der Waals surface area contributed by atoms with E-state index in [0.717, 1.165) is 17.7 Å². The van der Waals surface area contributed by atoms with E-state index in [4.69, 9.17) is 0 Å². The van der Waals surface area contributed by atoms with Crippen LogP contribution in [0.1, 0.15) is 0 Å². The lowest BCUT2D eigenvalue weighted by Gasteiger charge is -2.07. The number of nitrogens with zero attached hydrogens (tertiary/aromatic N) is 2. The largest absolute Gasteiger partial charge is 0.395 e. The van der Waals surface area contributed by atoms with Gasteiger partial charge in [-0.3, -0.25) is 0 Å². The maximum absolute atomic E-state index is 13.4. The van der Waals surface area contributed by atoms with E-state index in [0.29, 0.717) is 16.9 Å². The van der Waals surface area contributed by atoms with Crippen LogP contribution in [0.2, 0.25) is 0 Å². The Morgan fingerprint density at radius 2 is 1.75 bits per heavy atom. The molecular formula is C15H12F2N2O. The third-order valence-corrected chi connectivity index (χ3v) is 3.15. The van der Waals surface area contributed by atoms with E-state index < -0.39 is 11.6 Å². The highest BCUT2D eigenvalue weighted by atomic mass is 19.2. The van der Waals surface area contributed by atoms with Gasteiger partial charge in [-0.05, 0) is 0 Å². The Balaban J connectivity index is 2.28. The number of benzene rings is 2. The number of rotatable bonds is 3. The van der Waals surface area contributed by atoms with Crippen molar-refractivity contribution in [2.24, 2.45) is 0 Å². The third kappa shape index (κ3) is 2.06. The molecule has 102 valence electrons. The molecule has 3 aromatic rings. The van der Waals surface area contributed by atoms with Gasteiger partial charge in [-0.2, -0.15) is 0 Å². The molecule has 0 unspecified atom stereocenters. The average molecular weight is 274 g/mol. The summed E-state index contributed by atoms with van der Waals surface area (Å²) in [6.45, 7) is 0.163. The van der Waals surface area contributed by atoms with Gasteiger partial charge >= 0.3 is 0 Å². The second kappa shape index (κ2) is 5.02. The Hall–Kier alpha value is -2.27. The Morgan fingerprint density at radius 3 is 2.45 bits per heavy atom. The third-order valence-electron chi connectivity index (χ3n) is 3.15. The number of imidazole rings is 1. The Bertz CT molecular complexity index is 753. The zero-order chi connectivity index (χ0) is 14.1. The van der Waals surface area contributed by atoms with Gasteiger partial charge in [-0.25, -0.2) is 13.8 Å². The summed E-state index contributed by atoms with van der Waals surface area (Å²) in [6, 6.07) is 11.5. The van der Waals surface area contributed by atoms with E-state index in [1.807, 2.05) is 30.3 Å². The average Bonchev–Trinajstić information content (AvgIpc) is 2.79. The lowest BCUT2D eigenvalue weighted by Crippen LogP contribution is -2.04. The van der Waals surface area contributed by atoms with Crippen molar-refractivity contribution in [3.05, 3.63) is 54.1 Å². The molecule has 3 rings (SSSR count). The predicted molar refractivity (Wildman–Crippen MR) is 72.2 cm³/mol. The maximum atomic E-state index is 13.4. The maximum Gasteiger partial charge on any atom is 0.161 e. The number of hydrogen-bond acceptors (Lipinski definition) is 2. The lowest BCUT2D eigenvalue weighted by atomic mass is 10.2. The van der Waals surface area contributed by atoms with Gasteiger partial charge in [0.05, 0.1) is 17.6 Å². The summed E-state index contributed by atoms with van der Waals surface area (Å²) in [4.78, 5) is 4.35. The molecule has 0 spiro atoms. The van der Waals surface area contributed by atoms with Crippen molar-refractivity contribution in [2.75, 3.05) is 6.61 Å². The van der Waals surface area contributed by atoms with Gasteiger partial charge in [-0.15, -0.1) is 0 Å². The first-order chi connectivity index (χ1) is 9.70. The molecule has 2 aromatic carbocycles. The predicted octanol–water partition coefficient (Wildman–Crippen LogP) is 2.97. The van der Waals surface area contributed by atoms with Crippen LogP contribution >= 0.6 is 0 Å². The first-order valence-electron chi connectivity index (χ1n) is 6.22. The highest BCUT2D eigenvalue weighted by molar-refractivity contribution is 5.80. The van der Waals surface area contributed by atoms with Crippen molar-refractivity contribution in [2.45, 2.75) is 6.54 Å². The summed E-state index contributed by atoms with van der Waals surface area (Å²) in [5.74, 6) is -1.26. The first kappa shape index (κ1) is 12.7. The fourth-order valence-electron chi connectivity index (χ4n) is 2.25. The van der Waals surface area contributed by atoms with Gasteiger partial charge in [0.1, 0.15) is 5.82 Å². The molecule has 20 heavy (non-hydrogen) atoms. The highest BCUT2D eigenvalue weighted by Gasteiger charge is 2.15. The smallest absolute Gasteiger partial charge is 0.161 e. The van der Waals surface area contributed by atoms with Crippen molar-refractivity contribution < 1.29 is 13.9 Å². The minimum atomic E-state index is -0.925. The van der Waals surface area contributed by atoms with Crippen LogP contribution in [0.5, 0.6) is 0 Å². The van der Waals surface area contributed by atoms with Crippen molar-refractivity contribution in [1.82, 2.24) is 9.55 Å². The molecule has 0 aliphatic heterocycles. The lowest BCUT2D eigenvalue weighted by molar-refractivity contribution is 0.278. The van der Waals surface area contributed by atoms with Crippen LogP contribution in [-0.2, 0) is 6.54 Å². The van der Waals surface area contributed by atoms with Gasteiger partial charge in [0.25, 0.3) is 0 Å². The second-order valence-electron chi connectivity index (χ2n) is 4.43. The number of halogens is 2. The monoisotopic (exact) mass is 274 g/mol. The van der Waals surface area contributed by atoms with Crippen LogP contribution in [0, 0.1) is 11.6 Å². The fraction of sp³-hybridized carbons (Fsp3) is 0.133. The molecule has 0 bridgehead atoms. The van der Waals surface area contributed by atoms with Gasteiger partial charge in [0.2, 0.25) is 0 Å². The number of hydrogen-bond donors (Lipinski definition) is 1. The van der Waals surface area contributed by atoms with E-state index in [1.54, 1.807) is 4.57 Å². The van der Waals surface area contributed by atoms with Gasteiger partial charge in [0.15, 0.2) is 11.6 Å². The van der Waals surface area contributed by atoms with E-state index in [-0.39, 0.29) is 13.2 Å². The minimum Gasteiger partial charge on any atom is -0.395 e. The number of aromatic nitrogens is 2. The summed E-state index contributed by atoms with van der Waals surface area (Å²) in [6.07, 6.45) is 0. The highest BCUT2D eigenvalue weighted by Crippen LogP contribution is 2.26. The molecule has 1 heterocycles. The summed E-state index contributed by atoms with van der Waals surface area (Å²) < 4.78 is 28.4. The molecule has 0 fully saturated rings.